The zero-order valence-electron chi connectivity index (χ0n) is 11.6. The Balaban J connectivity index is 1.83. The lowest BCUT2D eigenvalue weighted by atomic mass is 9.69. The van der Waals surface area contributed by atoms with Gasteiger partial charge in [-0.15, -0.1) is 0 Å². The SMILES string of the molecule is O=C(NCC1(CO)CCC1)c1nccc2ccc(Br)cc12. The largest absolute Gasteiger partial charge is 0.396 e. The van der Waals surface area contributed by atoms with Gasteiger partial charge >= 0.3 is 0 Å². The number of rotatable bonds is 4. The molecule has 1 heterocycles. The minimum Gasteiger partial charge on any atom is -0.396 e. The van der Waals surface area contributed by atoms with Crippen LogP contribution in [0.25, 0.3) is 10.8 Å². The Labute approximate surface area is 131 Å². The Bertz CT molecular complexity index is 678. The van der Waals surface area contributed by atoms with Crippen molar-refractivity contribution in [3.05, 3.63) is 40.6 Å². The highest BCUT2D eigenvalue weighted by Gasteiger charge is 2.36. The molecular weight excluding hydrogens is 332 g/mol. The molecule has 1 fully saturated rings. The Morgan fingerprint density at radius 1 is 1.38 bits per heavy atom. The predicted octanol–water partition coefficient (Wildman–Crippen LogP) is 2.89. The second kappa shape index (κ2) is 5.73. The summed E-state index contributed by atoms with van der Waals surface area (Å²) in [6, 6.07) is 7.69. The maximum atomic E-state index is 12.4. The molecule has 0 radical (unpaired) electrons. The lowest BCUT2D eigenvalue weighted by molar-refractivity contribution is 0.0428. The van der Waals surface area contributed by atoms with Gasteiger partial charge in [0.05, 0.1) is 6.61 Å². The molecule has 1 aromatic heterocycles. The highest BCUT2D eigenvalue weighted by molar-refractivity contribution is 9.10. The summed E-state index contributed by atoms with van der Waals surface area (Å²) in [5.41, 5.74) is 0.307. The van der Waals surface area contributed by atoms with Crippen LogP contribution in [0.1, 0.15) is 29.8 Å². The fourth-order valence-electron chi connectivity index (χ4n) is 2.74. The van der Waals surface area contributed by atoms with E-state index < -0.39 is 0 Å². The van der Waals surface area contributed by atoms with E-state index in [-0.39, 0.29) is 17.9 Å². The summed E-state index contributed by atoms with van der Waals surface area (Å²) in [6.45, 7) is 0.635. The molecule has 2 aromatic rings. The average molecular weight is 349 g/mol. The molecule has 1 aliphatic rings. The van der Waals surface area contributed by atoms with Crippen LogP contribution in [0.5, 0.6) is 0 Å². The van der Waals surface area contributed by atoms with Crippen LogP contribution in [0.3, 0.4) is 0 Å². The number of hydrogen-bond acceptors (Lipinski definition) is 3. The molecule has 2 N–H and O–H groups in total. The maximum absolute atomic E-state index is 12.4. The number of carbonyl (C=O) groups is 1. The number of fused-ring (bicyclic) bond motifs is 1. The van der Waals surface area contributed by atoms with Crippen LogP contribution >= 0.6 is 15.9 Å². The van der Waals surface area contributed by atoms with Gasteiger partial charge in [0.2, 0.25) is 0 Å². The fourth-order valence-corrected chi connectivity index (χ4v) is 3.10. The zero-order valence-corrected chi connectivity index (χ0v) is 13.2. The third-order valence-electron chi connectivity index (χ3n) is 4.32. The molecule has 110 valence electrons. The van der Waals surface area contributed by atoms with Crippen molar-refractivity contribution in [1.82, 2.24) is 10.3 Å². The summed E-state index contributed by atoms with van der Waals surface area (Å²) >= 11 is 3.43. The van der Waals surface area contributed by atoms with Crippen LogP contribution in [-0.2, 0) is 0 Å². The first-order valence-corrected chi connectivity index (χ1v) is 7.86. The molecule has 5 heteroatoms. The summed E-state index contributed by atoms with van der Waals surface area (Å²) in [5, 5.41) is 14.2. The first kappa shape index (κ1) is 14.5. The normalized spacial score (nSPS) is 16.5. The first-order chi connectivity index (χ1) is 10.1. The molecular formula is C16H17BrN2O2. The van der Waals surface area contributed by atoms with Gasteiger partial charge in [0.15, 0.2) is 0 Å². The quantitative estimate of drug-likeness (QED) is 0.892. The lowest BCUT2D eigenvalue weighted by Gasteiger charge is -2.40. The Morgan fingerprint density at radius 3 is 2.86 bits per heavy atom. The van der Waals surface area contributed by atoms with Crippen molar-refractivity contribution >= 4 is 32.6 Å². The molecule has 0 bridgehead atoms. The van der Waals surface area contributed by atoms with Gasteiger partial charge in [-0.25, -0.2) is 0 Å². The van der Waals surface area contributed by atoms with Crippen molar-refractivity contribution in [2.24, 2.45) is 5.41 Å². The van der Waals surface area contributed by atoms with Crippen LogP contribution < -0.4 is 5.32 Å². The topological polar surface area (TPSA) is 62.2 Å². The second-order valence-electron chi connectivity index (χ2n) is 5.72. The Kier molecular flexibility index (Phi) is 3.95. The molecule has 1 saturated carbocycles. The minimum absolute atomic E-state index is 0.124. The third-order valence-corrected chi connectivity index (χ3v) is 4.81. The molecule has 3 rings (SSSR count). The maximum Gasteiger partial charge on any atom is 0.270 e. The van der Waals surface area contributed by atoms with Crippen molar-refractivity contribution in [3.63, 3.8) is 0 Å². The number of carbonyl (C=O) groups excluding carboxylic acids is 1. The Morgan fingerprint density at radius 2 is 2.19 bits per heavy atom. The number of nitrogens with zero attached hydrogens (tertiary/aromatic N) is 1. The van der Waals surface area contributed by atoms with Gasteiger partial charge in [-0.2, -0.15) is 0 Å². The number of aromatic nitrogens is 1. The lowest BCUT2D eigenvalue weighted by Crippen LogP contribution is -2.44. The molecule has 0 saturated heterocycles. The van der Waals surface area contributed by atoms with Crippen molar-refractivity contribution in [2.45, 2.75) is 19.3 Å². The highest BCUT2D eigenvalue weighted by atomic mass is 79.9. The predicted molar refractivity (Wildman–Crippen MR) is 85.1 cm³/mol. The number of halogens is 1. The number of nitrogens with one attached hydrogen (secondary N) is 1. The fraction of sp³-hybridized carbons (Fsp3) is 0.375. The molecule has 0 aliphatic heterocycles. The van der Waals surface area contributed by atoms with E-state index in [0.717, 1.165) is 34.5 Å². The van der Waals surface area contributed by atoms with Crippen LogP contribution in [-0.4, -0.2) is 29.1 Å². The van der Waals surface area contributed by atoms with Crippen molar-refractivity contribution in [1.29, 1.82) is 0 Å². The van der Waals surface area contributed by atoms with E-state index in [1.165, 1.54) is 0 Å². The standard InChI is InChI=1S/C16H17BrN2O2/c17-12-3-2-11-4-7-18-14(13(11)8-12)15(21)19-9-16(10-20)5-1-6-16/h2-4,7-8,20H,1,5-6,9-10H2,(H,19,21). The van der Waals surface area contributed by atoms with Gasteiger partial charge in [-0.1, -0.05) is 28.4 Å². The summed E-state index contributed by atoms with van der Waals surface area (Å²) in [6.07, 6.45) is 4.71. The number of aliphatic hydroxyl groups excluding tert-OH is 1. The van der Waals surface area contributed by atoms with Gasteiger partial charge in [0.1, 0.15) is 5.69 Å². The molecule has 1 aliphatic carbocycles. The monoisotopic (exact) mass is 348 g/mol. The van der Waals surface area contributed by atoms with Crippen molar-refractivity contribution in [2.75, 3.05) is 13.2 Å². The van der Waals surface area contributed by atoms with Crippen molar-refractivity contribution in [3.8, 4) is 0 Å². The van der Waals surface area contributed by atoms with E-state index in [4.69, 9.17) is 0 Å². The molecule has 21 heavy (non-hydrogen) atoms. The number of benzene rings is 1. The summed E-state index contributed by atoms with van der Waals surface area (Å²) in [7, 11) is 0. The summed E-state index contributed by atoms with van der Waals surface area (Å²) in [4.78, 5) is 16.6. The van der Waals surface area contributed by atoms with Crippen LogP contribution in [0, 0.1) is 5.41 Å². The van der Waals surface area contributed by atoms with Crippen molar-refractivity contribution < 1.29 is 9.90 Å². The number of pyridine rings is 1. The Hall–Kier alpha value is -1.46. The van der Waals surface area contributed by atoms with Gasteiger partial charge in [-0.3, -0.25) is 9.78 Å². The number of hydrogen-bond donors (Lipinski definition) is 2. The van der Waals surface area contributed by atoms with E-state index >= 15 is 0 Å². The minimum atomic E-state index is -0.182. The van der Waals surface area contributed by atoms with E-state index in [0.29, 0.717) is 12.2 Å². The third kappa shape index (κ3) is 2.80. The number of amides is 1. The molecule has 0 unspecified atom stereocenters. The van der Waals surface area contributed by atoms with Crippen LogP contribution in [0.2, 0.25) is 0 Å². The molecule has 1 amide bonds. The molecule has 1 aromatic carbocycles. The highest BCUT2D eigenvalue weighted by Crippen LogP contribution is 2.39. The van der Waals surface area contributed by atoms with Crippen LogP contribution in [0.15, 0.2) is 34.9 Å². The first-order valence-electron chi connectivity index (χ1n) is 7.07. The molecule has 4 nitrogen and oxygen atoms in total. The van der Waals surface area contributed by atoms with Gasteiger partial charge in [-0.05, 0) is 36.4 Å². The molecule has 0 atom stereocenters. The van der Waals surface area contributed by atoms with Gasteiger partial charge in [0.25, 0.3) is 5.91 Å². The van der Waals surface area contributed by atoms with Gasteiger partial charge < -0.3 is 10.4 Å². The van der Waals surface area contributed by atoms with Crippen LogP contribution in [0.4, 0.5) is 0 Å². The van der Waals surface area contributed by atoms with E-state index in [1.807, 2.05) is 24.3 Å². The van der Waals surface area contributed by atoms with E-state index in [1.54, 1.807) is 6.20 Å². The smallest absolute Gasteiger partial charge is 0.270 e. The van der Waals surface area contributed by atoms with E-state index in [2.05, 4.69) is 26.2 Å². The zero-order chi connectivity index (χ0) is 14.9. The number of aliphatic hydroxyl groups is 1. The average Bonchev–Trinajstić information content (AvgIpc) is 2.45. The summed E-state index contributed by atoms with van der Waals surface area (Å²) < 4.78 is 0.919. The van der Waals surface area contributed by atoms with Gasteiger partial charge in [0, 0.05) is 28.0 Å². The molecule has 0 spiro atoms. The summed E-state index contributed by atoms with van der Waals surface area (Å²) in [5.74, 6) is -0.182. The van der Waals surface area contributed by atoms with E-state index in [9.17, 15) is 9.90 Å². The second-order valence-corrected chi connectivity index (χ2v) is 6.64.